The molecule has 6 heteroatoms. The fourth-order valence-electron chi connectivity index (χ4n) is 0.226. The quantitative estimate of drug-likeness (QED) is 0.495. The Kier molecular flexibility index (Phi) is 10.5. The molecule has 1 radical (unpaired) electrons. The van der Waals surface area contributed by atoms with Gasteiger partial charge < -0.3 is 14.9 Å². The molecule has 0 aliphatic heterocycles. The van der Waals surface area contributed by atoms with E-state index in [1.165, 1.54) is 0 Å². The number of ether oxygens (including phenoxy) is 1. The van der Waals surface area contributed by atoms with Crippen molar-refractivity contribution in [3.05, 3.63) is 0 Å². The zero-order chi connectivity index (χ0) is 7.28. The second-order valence-corrected chi connectivity index (χ2v) is 2.22. The third kappa shape index (κ3) is 11.5. The zero-order valence-corrected chi connectivity index (χ0v) is 9.17. The van der Waals surface area contributed by atoms with Crippen LogP contribution in [0.1, 0.15) is 0 Å². The van der Waals surface area contributed by atoms with E-state index in [-0.39, 0.29) is 52.9 Å². The molecule has 0 aliphatic rings. The summed E-state index contributed by atoms with van der Waals surface area (Å²) in [4.78, 5) is 0. The third-order valence-corrected chi connectivity index (χ3v) is 0.687. The molecule has 0 bridgehead atoms. The summed E-state index contributed by atoms with van der Waals surface area (Å²) in [5.74, 6) is 0. The van der Waals surface area contributed by atoms with Crippen molar-refractivity contribution in [2.75, 3.05) is 13.2 Å². The molecule has 0 rings (SSSR count). The topological polar surface area (TPSA) is 49.7 Å². The average Bonchev–Trinajstić information content (AvgIpc) is 1.63. The molecule has 0 saturated carbocycles. The molecule has 0 amide bonds. The minimum atomic E-state index is -0.244. The van der Waals surface area contributed by atoms with Crippen molar-refractivity contribution >= 4 is 64.1 Å². The first kappa shape index (κ1) is 13.3. The maximum Gasteiger partial charge on any atom is 0.183 e. The van der Waals surface area contributed by atoms with Crippen LogP contribution < -0.4 is 0 Å². The van der Waals surface area contributed by atoms with Gasteiger partial charge in [-0.05, 0) is 24.4 Å². The summed E-state index contributed by atoms with van der Waals surface area (Å²) >= 11 is 8.51. The van der Waals surface area contributed by atoms with Crippen molar-refractivity contribution in [1.82, 2.24) is 0 Å². The van der Waals surface area contributed by atoms with Crippen LogP contribution in [-0.4, -0.2) is 63.1 Å². The van der Waals surface area contributed by atoms with E-state index in [1.807, 2.05) is 0 Å². The molecular formula is C4H6NaO3S2. The molecule has 0 aliphatic carbocycles. The molecule has 0 saturated heterocycles. The number of thiocarbonyl (C=S) groups is 2. The molecule has 2 N–H and O–H groups in total. The Bertz CT molecular complexity index is 114. The summed E-state index contributed by atoms with van der Waals surface area (Å²) in [6, 6.07) is 0. The molecule has 53 valence electrons. The number of hydrogen-bond donors (Lipinski definition) is 2. The van der Waals surface area contributed by atoms with Gasteiger partial charge >= 0.3 is 0 Å². The van der Waals surface area contributed by atoms with Crippen LogP contribution in [0.2, 0.25) is 0 Å². The minimum absolute atomic E-state index is 0. The van der Waals surface area contributed by atoms with Gasteiger partial charge in [-0.15, -0.1) is 0 Å². The van der Waals surface area contributed by atoms with Gasteiger partial charge in [-0.2, -0.15) is 0 Å². The number of rotatable bonds is 4. The molecule has 0 atom stereocenters. The van der Waals surface area contributed by atoms with Crippen LogP contribution in [0, 0.1) is 0 Å². The Labute approximate surface area is 91.7 Å². The van der Waals surface area contributed by atoms with Crippen LogP contribution in [0.4, 0.5) is 0 Å². The SMILES string of the molecule is OC(=S)COCC(O)=S.[Na]. The van der Waals surface area contributed by atoms with Gasteiger partial charge in [0.05, 0.1) is 0 Å². The number of aliphatic hydroxyl groups excluding tert-OH is 2. The summed E-state index contributed by atoms with van der Waals surface area (Å²) in [5, 5.41) is 16.2. The molecule has 0 aromatic carbocycles. The van der Waals surface area contributed by atoms with Crippen LogP contribution in [-0.2, 0) is 4.74 Å². The van der Waals surface area contributed by atoms with Gasteiger partial charge in [-0.25, -0.2) is 0 Å². The minimum Gasteiger partial charge on any atom is -0.500 e. The van der Waals surface area contributed by atoms with Crippen LogP contribution in [0.5, 0.6) is 0 Å². The van der Waals surface area contributed by atoms with Gasteiger partial charge in [0, 0.05) is 29.6 Å². The first-order chi connectivity index (χ1) is 4.13. The maximum absolute atomic E-state index is 8.35. The van der Waals surface area contributed by atoms with Gasteiger partial charge in [0.15, 0.2) is 10.1 Å². The van der Waals surface area contributed by atoms with Crippen molar-refractivity contribution in [3.63, 3.8) is 0 Å². The Morgan fingerprint density at radius 3 is 1.60 bits per heavy atom. The Balaban J connectivity index is 0. The Morgan fingerprint density at radius 1 is 1.10 bits per heavy atom. The van der Waals surface area contributed by atoms with Crippen molar-refractivity contribution in [3.8, 4) is 0 Å². The molecule has 0 unspecified atom stereocenters. The van der Waals surface area contributed by atoms with Crippen molar-refractivity contribution in [2.45, 2.75) is 0 Å². The molecule has 0 spiro atoms. The molecule has 0 fully saturated rings. The largest absolute Gasteiger partial charge is 0.500 e. The molecule has 0 heterocycles. The Morgan fingerprint density at radius 2 is 1.40 bits per heavy atom. The van der Waals surface area contributed by atoms with Gasteiger partial charge in [-0.3, -0.25) is 0 Å². The molecule has 0 aromatic rings. The van der Waals surface area contributed by atoms with Gasteiger partial charge in [0.1, 0.15) is 13.2 Å². The van der Waals surface area contributed by atoms with E-state index in [0.29, 0.717) is 0 Å². The summed E-state index contributed by atoms with van der Waals surface area (Å²) in [6.07, 6.45) is 0. The predicted molar refractivity (Wildman–Crippen MR) is 47.0 cm³/mol. The van der Waals surface area contributed by atoms with E-state index in [4.69, 9.17) is 10.2 Å². The second kappa shape index (κ2) is 7.84. The summed E-state index contributed by atoms with van der Waals surface area (Å²) in [5.41, 5.74) is 0. The van der Waals surface area contributed by atoms with Gasteiger partial charge in [0.25, 0.3) is 0 Å². The Hall–Kier alpha value is 0.740. The van der Waals surface area contributed by atoms with Crippen LogP contribution >= 0.6 is 24.4 Å². The first-order valence-corrected chi connectivity index (χ1v) is 2.96. The molecule has 0 aromatic heterocycles. The van der Waals surface area contributed by atoms with Crippen LogP contribution in [0.3, 0.4) is 0 Å². The summed E-state index contributed by atoms with van der Waals surface area (Å²) in [7, 11) is 0. The van der Waals surface area contributed by atoms with E-state index < -0.39 is 0 Å². The molecule has 10 heavy (non-hydrogen) atoms. The van der Waals surface area contributed by atoms with E-state index >= 15 is 0 Å². The van der Waals surface area contributed by atoms with Crippen molar-refractivity contribution in [1.29, 1.82) is 0 Å². The monoisotopic (exact) mass is 189 g/mol. The van der Waals surface area contributed by atoms with E-state index in [0.717, 1.165) is 0 Å². The summed E-state index contributed by atoms with van der Waals surface area (Å²) < 4.78 is 4.57. The fraction of sp³-hybridized carbons (Fsp3) is 0.500. The maximum atomic E-state index is 8.35. The first-order valence-electron chi connectivity index (χ1n) is 2.14. The summed E-state index contributed by atoms with van der Waals surface area (Å²) in [6.45, 7) is -0.119. The average molecular weight is 189 g/mol. The molecular weight excluding hydrogens is 183 g/mol. The van der Waals surface area contributed by atoms with E-state index in [2.05, 4.69) is 29.2 Å². The van der Waals surface area contributed by atoms with Crippen LogP contribution in [0.25, 0.3) is 0 Å². The van der Waals surface area contributed by atoms with E-state index in [1.54, 1.807) is 0 Å². The van der Waals surface area contributed by atoms with Gasteiger partial charge in [-0.1, -0.05) is 0 Å². The normalized spacial score (nSPS) is 8.00. The van der Waals surface area contributed by atoms with Gasteiger partial charge in [0.2, 0.25) is 0 Å². The molecule has 3 nitrogen and oxygen atoms in total. The third-order valence-electron chi connectivity index (χ3n) is 0.451. The van der Waals surface area contributed by atoms with Crippen molar-refractivity contribution in [2.24, 2.45) is 0 Å². The van der Waals surface area contributed by atoms with Crippen molar-refractivity contribution < 1.29 is 14.9 Å². The zero-order valence-electron chi connectivity index (χ0n) is 5.53. The van der Waals surface area contributed by atoms with Crippen LogP contribution in [0.15, 0.2) is 0 Å². The second-order valence-electron chi connectivity index (χ2n) is 1.28. The fourth-order valence-corrected chi connectivity index (χ4v) is 0.392. The van der Waals surface area contributed by atoms with E-state index in [9.17, 15) is 0 Å². The number of aliphatic hydroxyl groups is 2. The standard InChI is InChI=1S/C4H6O3S2.Na/c5-3(8)1-7-2-4(6)9;/h1-2H2,(H,5,8)(H,6,9);. The smallest absolute Gasteiger partial charge is 0.183 e. The predicted octanol–water partition coefficient (Wildman–Crippen LogP) is 0.393. The number of hydrogen-bond acceptors (Lipinski definition) is 3.